The molecule has 21 nitrogen and oxygen atoms in total. The molecular weight excluding hydrogens is 1800 g/mol. The third kappa shape index (κ3) is 64.2. The number of ketones is 3. The van der Waals surface area contributed by atoms with Crippen LogP contribution in [-0.4, -0.2) is 181 Å². The summed E-state index contributed by atoms with van der Waals surface area (Å²) >= 11 is 0. The molecule has 0 saturated carbocycles. The average molecular weight is 1990 g/mol. The number of Topliss-reactive ketones (excluding diaryl/α,β-unsaturated/α-hetero) is 3. The van der Waals surface area contributed by atoms with Gasteiger partial charge in [-0.1, -0.05) is 123 Å². The van der Waals surface area contributed by atoms with Crippen molar-refractivity contribution in [3.8, 4) is 34.5 Å². The SMILES string of the molecule is CC(=O)Cc1ccc(COC(C)C)cc1.CC(=O)Cc1ccc(OC(C)C)cc1.CC(=O)c1ccc(COC(C)C)cc1.CC(C)OCc1ccc(N(C)C)cc1.CC(C)Oc1ccc(C(=O)O)cc1.CC(C)Oc1ccc(CN(C)C)cc1.CC(C)Oc1ccc(N(C)C)cc1.CCN(CC)Cc1ccc(OC(C)C)cc1.CCN(CC)c1ccc(COC(C)C)cc1.CCN(CC)c1ccc(OC(C)C)cc1. The Bertz CT molecular complexity index is 4890. The van der Waals surface area contributed by atoms with E-state index in [1.165, 1.54) is 57.1 Å². The highest BCUT2D eigenvalue weighted by atomic mass is 16.5. The van der Waals surface area contributed by atoms with E-state index in [4.69, 9.17) is 52.5 Å². The van der Waals surface area contributed by atoms with Crippen molar-refractivity contribution in [1.82, 2.24) is 9.80 Å². The van der Waals surface area contributed by atoms with Crippen LogP contribution in [-0.2, 0) is 80.9 Å². The fourth-order valence-corrected chi connectivity index (χ4v) is 13.1. The lowest BCUT2D eigenvalue weighted by Crippen LogP contribution is -2.22. The highest BCUT2D eigenvalue weighted by Crippen LogP contribution is 2.25. The summed E-state index contributed by atoms with van der Waals surface area (Å²) in [6, 6.07) is 79.7. The van der Waals surface area contributed by atoms with E-state index < -0.39 is 5.97 Å². The molecule has 796 valence electrons. The fraction of sp³-hybridized carbons (Fsp3) is 0.480. The molecule has 0 spiro atoms. The second kappa shape index (κ2) is 75.2. The van der Waals surface area contributed by atoms with Crippen LogP contribution in [0.5, 0.6) is 34.5 Å². The van der Waals surface area contributed by atoms with Crippen LogP contribution in [0.25, 0.3) is 0 Å². The second-order valence-corrected chi connectivity index (χ2v) is 38.2. The van der Waals surface area contributed by atoms with Gasteiger partial charge in [-0.15, -0.1) is 0 Å². The molecule has 0 radical (unpaired) electrons. The smallest absolute Gasteiger partial charge is 0.335 e. The molecule has 10 rings (SSSR count). The minimum Gasteiger partial charge on any atom is -0.491 e. The summed E-state index contributed by atoms with van der Waals surface area (Å²) in [5.74, 6) is 4.88. The fourth-order valence-electron chi connectivity index (χ4n) is 13.1. The van der Waals surface area contributed by atoms with Gasteiger partial charge in [0, 0.05) is 109 Å². The van der Waals surface area contributed by atoms with Crippen molar-refractivity contribution >= 4 is 46.1 Å². The molecule has 0 bridgehead atoms. The van der Waals surface area contributed by atoms with Crippen molar-refractivity contribution in [2.75, 3.05) is 101 Å². The van der Waals surface area contributed by atoms with Gasteiger partial charge in [-0.2, -0.15) is 0 Å². The summed E-state index contributed by atoms with van der Waals surface area (Å²) in [5, 5.41) is 8.62. The van der Waals surface area contributed by atoms with Crippen molar-refractivity contribution in [2.24, 2.45) is 0 Å². The minimum atomic E-state index is -0.920. The highest BCUT2D eigenvalue weighted by Gasteiger charge is 2.12. The number of carbonyl (C=O) groups is 4. The number of anilines is 4. The van der Waals surface area contributed by atoms with Crippen LogP contribution in [0, 0.1) is 0 Å². The number of hydrogen-bond donors (Lipinski definition) is 1. The van der Waals surface area contributed by atoms with E-state index in [2.05, 4.69) is 208 Å². The van der Waals surface area contributed by atoms with Crippen LogP contribution >= 0.6 is 0 Å². The van der Waals surface area contributed by atoms with Gasteiger partial charge >= 0.3 is 5.97 Å². The molecule has 0 unspecified atom stereocenters. The van der Waals surface area contributed by atoms with Gasteiger partial charge in [0.2, 0.25) is 0 Å². The predicted molar refractivity (Wildman–Crippen MR) is 604 cm³/mol. The molecule has 0 saturated heterocycles. The van der Waals surface area contributed by atoms with Crippen LogP contribution in [0.2, 0.25) is 0 Å². The quantitative estimate of drug-likeness (QED) is 0.0353. The Hall–Kier alpha value is -11.6. The summed E-state index contributed by atoms with van der Waals surface area (Å²) in [6.45, 7) is 69.3. The zero-order valence-electron chi connectivity index (χ0n) is 94.6. The van der Waals surface area contributed by atoms with Crippen LogP contribution in [0.4, 0.5) is 22.7 Å². The third-order valence-electron chi connectivity index (χ3n) is 20.4. The first-order valence-corrected chi connectivity index (χ1v) is 51.4. The first-order chi connectivity index (χ1) is 68.1. The Morgan fingerprint density at radius 3 is 0.667 bits per heavy atom. The number of benzene rings is 10. The van der Waals surface area contributed by atoms with Gasteiger partial charge in [-0.05, 0) is 392 Å². The molecule has 10 aromatic carbocycles. The first-order valence-electron chi connectivity index (χ1n) is 51.4. The van der Waals surface area contributed by atoms with Crippen molar-refractivity contribution in [2.45, 2.75) is 314 Å². The number of carboxylic acid groups (broad SMARTS) is 1. The van der Waals surface area contributed by atoms with Crippen LogP contribution in [0.1, 0.15) is 266 Å². The van der Waals surface area contributed by atoms with Crippen LogP contribution in [0.15, 0.2) is 243 Å². The number of carboxylic acids is 1. The van der Waals surface area contributed by atoms with Gasteiger partial charge in [0.05, 0.1) is 93.0 Å². The standard InChI is InChI=1S/2C14H23NO.C13H21NO.C13H18O2.2C12H19NO.2C12H16O2.C11H17NO.C10H12O3/c1-5-15(6-2)14-9-7-13(8-10-14)11-16-12(3)4;1-5-15(6-2)11-13-7-9-14(10-8-13)16-12(3)4;1-5-14(6-2)12-7-9-13(10-8-12)15-11(3)4;1-10(2)15-9-13-6-4-12(5-7-13)8-11(3)14;1-10(2)14-9-11-5-7-12(8-6-11)13(3)4;1-10(2)14-12-7-5-11(6-8-12)9-13(3)4;1-9(2)14-8-11-4-6-12(7-5-11)10(3)13;1-9(2)14-12-6-4-11(5-7-12)8-10(3)13;1-9(2)13-11-7-5-10(6-8-11)12(3)4;1-7(2)13-9-5-3-8(4-6-9)10(11)12/h2*7-10,12H,5-6,11H2,1-4H3;7-11H,5-6H2,1-4H3;4-7,10H,8-9H2,1-3H3;2*5-8,10H,9H2,1-4H3;2*4-7,9H,8H2,1-3H3;5-9H,1-4H3;3-7H,1-2H3,(H,11,12). The van der Waals surface area contributed by atoms with Gasteiger partial charge in [0.15, 0.2) is 5.78 Å². The summed E-state index contributed by atoms with van der Waals surface area (Å²) in [7, 11) is 12.3. The van der Waals surface area contributed by atoms with E-state index >= 15 is 0 Å². The molecular formula is C123H184N6O15. The summed E-state index contributed by atoms with van der Waals surface area (Å²) in [6.07, 6.45) is 3.37. The number of carbonyl (C=O) groups excluding carboxylic acids is 3. The average Bonchev–Trinajstić information content (AvgIpc) is 0.862. The van der Waals surface area contributed by atoms with E-state index in [1.54, 1.807) is 32.9 Å². The molecule has 1 N–H and O–H groups in total. The van der Waals surface area contributed by atoms with Gasteiger partial charge in [-0.3, -0.25) is 19.3 Å². The molecule has 0 aliphatic carbocycles. The molecule has 0 fully saturated rings. The lowest BCUT2D eigenvalue weighted by molar-refractivity contribution is -0.117. The van der Waals surface area contributed by atoms with Crippen molar-refractivity contribution < 1.29 is 71.7 Å². The maximum absolute atomic E-state index is 11.0. The maximum Gasteiger partial charge on any atom is 0.335 e. The molecule has 0 aliphatic heterocycles. The molecule has 0 amide bonds. The lowest BCUT2D eigenvalue weighted by Gasteiger charge is -2.21. The van der Waals surface area contributed by atoms with Gasteiger partial charge < -0.3 is 77.0 Å². The van der Waals surface area contributed by atoms with Crippen LogP contribution in [0.3, 0.4) is 0 Å². The van der Waals surface area contributed by atoms with E-state index in [1.807, 2.05) is 262 Å². The highest BCUT2D eigenvalue weighted by molar-refractivity contribution is 5.94. The molecule has 0 aliphatic rings. The Kier molecular flexibility index (Phi) is 68.1. The summed E-state index contributed by atoms with van der Waals surface area (Å²) in [4.78, 5) is 56.6. The lowest BCUT2D eigenvalue weighted by atomic mass is 10.1. The summed E-state index contributed by atoms with van der Waals surface area (Å²) < 4.78 is 55.2. The predicted octanol–water partition coefficient (Wildman–Crippen LogP) is 28.2. The normalized spacial score (nSPS) is 10.6. The van der Waals surface area contributed by atoms with Gasteiger partial charge in [0.25, 0.3) is 0 Å². The Labute approximate surface area is 870 Å². The minimum absolute atomic E-state index is 0.0985. The Balaban J connectivity index is 0.000000800. The first kappa shape index (κ1) is 130. The molecule has 0 aromatic heterocycles. The number of ether oxygens (including phenoxy) is 10. The molecule has 21 heteroatoms. The number of rotatable bonds is 44. The van der Waals surface area contributed by atoms with E-state index in [0.29, 0.717) is 57.2 Å². The topological polar surface area (TPSA) is 200 Å². The number of nitrogens with zero attached hydrogens (tertiary/aromatic N) is 6. The van der Waals surface area contributed by atoms with Crippen molar-refractivity contribution in [1.29, 1.82) is 0 Å². The van der Waals surface area contributed by atoms with Crippen LogP contribution < -0.4 is 48.0 Å². The number of aromatic carboxylic acids is 1. The largest absolute Gasteiger partial charge is 0.491 e. The van der Waals surface area contributed by atoms with Crippen molar-refractivity contribution in [3.05, 3.63) is 298 Å². The zero-order valence-corrected chi connectivity index (χ0v) is 94.6. The van der Waals surface area contributed by atoms with E-state index in [-0.39, 0.29) is 71.7 Å². The number of hydrogen-bond acceptors (Lipinski definition) is 20. The third-order valence-corrected chi connectivity index (χ3v) is 20.4. The second-order valence-electron chi connectivity index (χ2n) is 38.2. The van der Waals surface area contributed by atoms with Crippen molar-refractivity contribution in [3.63, 3.8) is 0 Å². The summed E-state index contributed by atoms with van der Waals surface area (Å²) in [5.41, 5.74) is 15.5. The van der Waals surface area contributed by atoms with E-state index in [9.17, 15) is 19.2 Å². The molecule has 0 heterocycles. The van der Waals surface area contributed by atoms with E-state index in [0.717, 1.165) is 109 Å². The Morgan fingerprint density at radius 2 is 0.444 bits per heavy atom. The van der Waals surface area contributed by atoms with Gasteiger partial charge in [0.1, 0.15) is 46.1 Å². The monoisotopic (exact) mass is 1990 g/mol. The maximum atomic E-state index is 11.0. The Morgan fingerprint density at radius 1 is 0.243 bits per heavy atom. The molecule has 10 aromatic rings. The van der Waals surface area contributed by atoms with Gasteiger partial charge in [-0.25, -0.2) is 4.79 Å². The molecule has 0 atom stereocenters. The zero-order chi connectivity index (χ0) is 108. The molecule has 144 heavy (non-hydrogen) atoms.